The summed E-state index contributed by atoms with van der Waals surface area (Å²) in [6.45, 7) is 9.26. The zero-order valence-corrected chi connectivity index (χ0v) is 11.2. The second kappa shape index (κ2) is 8.06. The van der Waals surface area contributed by atoms with E-state index in [0.29, 0.717) is 12.5 Å². The largest absolute Gasteiger partial charge is 0.480 e. The molecule has 100 valence electrons. The topological polar surface area (TPSA) is 69.6 Å². The number of carbonyl (C=O) groups is 2. The Morgan fingerprint density at radius 3 is 2.18 bits per heavy atom. The Labute approximate surface area is 103 Å². The maximum atomic E-state index is 11.8. The Morgan fingerprint density at radius 2 is 1.76 bits per heavy atom. The second-order valence-electron chi connectivity index (χ2n) is 5.09. The van der Waals surface area contributed by atoms with Crippen LogP contribution in [0.15, 0.2) is 0 Å². The summed E-state index contributed by atoms with van der Waals surface area (Å²) in [6, 6.07) is 0. The van der Waals surface area contributed by atoms with Gasteiger partial charge in [0.15, 0.2) is 0 Å². The number of aliphatic carboxylic acids is 1. The lowest BCUT2D eigenvalue weighted by Crippen LogP contribution is -2.43. The van der Waals surface area contributed by atoms with E-state index in [-0.39, 0.29) is 24.9 Å². The lowest BCUT2D eigenvalue weighted by atomic mass is 10.2. The Kier molecular flexibility index (Phi) is 7.54. The predicted molar refractivity (Wildman–Crippen MR) is 66.8 cm³/mol. The maximum absolute atomic E-state index is 11.8. The van der Waals surface area contributed by atoms with E-state index >= 15 is 0 Å². The van der Waals surface area contributed by atoms with Gasteiger partial charge < -0.3 is 15.3 Å². The monoisotopic (exact) mass is 244 g/mol. The van der Waals surface area contributed by atoms with Crippen LogP contribution in [-0.4, -0.2) is 48.1 Å². The van der Waals surface area contributed by atoms with Gasteiger partial charge in [0.05, 0.1) is 6.54 Å². The lowest BCUT2D eigenvalue weighted by Gasteiger charge is -2.23. The van der Waals surface area contributed by atoms with Crippen molar-refractivity contribution in [2.24, 2.45) is 11.8 Å². The fraction of sp³-hybridized carbons (Fsp3) is 0.833. The summed E-state index contributed by atoms with van der Waals surface area (Å²) in [7, 11) is 0. The van der Waals surface area contributed by atoms with Gasteiger partial charge in [0.1, 0.15) is 6.54 Å². The summed E-state index contributed by atoms with van der Waals surface area (Å²) in [5.74, 6) is -0.381. The molecule has 0 saturated heterocycles. The van der Waals surface area contributed by atoms with Crippen LogP contribution >= 0.6 is 0 Å². The molecular formula is C12H24N2O3. The van der Waals surface area contributed by atoms with Crippen LogP contribution in [0.2, 0.25) is 0 Å². The highest BCUT2D eigenvalue weighted by atomic mass is 16.4. The lowest BCUT2D eigenvalue weighted by molar-refractivity contribution is -0.144. The molecule has 0 heterocycles. The number of carbonyl (C=O) groups excluding carboxylic acids is 1. The van der Waals surface area contributed by atoms with Gasteiger partial charge in [-0.3, -0.25) is 9.59 Å². The molecule has 0 spiro atoms. The number of amides is 1. The number of carboxylic acid groups (broad SMARTS) is 1. The number of hydrogen-bond donors (Lipinski definition) is 2. The molecule has 1 amide bonds. The molecule has 5 nitrogen and oxygen atoms in total. The standard InChI is InChI=1S/C12H24N2O3/c1-9(2)5-13-6-11(15)14(7-10(3)4)8-12(16)17/h9-10,13H,5-8H2,1-4H3,(H,16,17). The van der Waals surface area contributed by atoms with Crippen LogP contribution in [0.25, 0.3) is 0 Å². The number of nitrogens with one attached hydrogen (secondary N) is 1. The third-order valence-corrected chi connectivity index (χ3v) is 2.09. The van der Waals surface area contributed by atoms with Gasteiger partial charge >= 0.3 is 5.97 Å². The van der Waals surface area contributed by atoms with Crippen molar-refractivity contribution in [3.05, 3.63) is 0 Å². The molecule has 0 unspecified atom stereocenters. The minimum atomic E-state index is -0.970. The molecule has 0 radical (unpaired) electrons. The van der Waals surface area contributed by atoms with Crippen LogP contribution in [0.4, 0.5) is 0 Å². The molecule has 0 aliphatic rings. The van der Waals surface area contributed by atoms with Gasteiger partial charge in [0.2, 0.25) is 5.91 Å². The zero-order valence-electron chi connectivity index (χ0n) is 11.2. The SMILES string of the molecule is CC(C)CNCC(=O)N(CC(=O)O)CC(C)C. The van der Waals surface area contributed by atoms with Crippen LogP contribution in [0, 0.1) is 11.8 Å². The first kappa shape index (κ1) is 15.9. The van der Waals surface area contributed by atoms with Crippen LogP contribution < -0.4 is 5.32 Å². The van der Waals surface area contributed by atoms with Gasteiger partial charge in [-0.15, -0.1) is 0 Å². The van der Waals surface area contributed by atoms with Crippen LogP contribution in [-0.2, 0) is 9.59 Å². The molecule has 5 heteroatoms. The van der Waals surface area contributed by atoms with E-state index in [0.717, 1.165) is 6.54 Å². The van der Waals surface area contributed by atoms with Crippen molar-refractivity contribution >= 4 is 11.9 Å². The first-order valence-electron chi connectivity index (χ1n) is 6.03. The van der Waals surface area contributed by atoms with E-state index < -0.39 is 5.97 Å². The molecule has 0 aliphatic heterocycles. The van der Waals surface area contributed by atoms with Gasteiger partial charge in [-0.1, -0.05) is 27.7 Å². The van der Waals surface area contributed by atoms with E-state index in [4.69, 9.17) is 5.11 Å². The van der Waals surface area contributed by atoms with Gasteiger partial charge in [-0.05, 0) is 18.4 Å². The molecule has 0 atom stereocenters. The van der Waals surface area contributed by atoms with Crippen molar-refractivity contribution in [3.63, 3.8) is 0 Å². The molecule has 0 aromatic rings. The van der Waals surface area contributed by atoms with Gasteiger partial charge in [0.25, 0.3) is 0 Å². The highest BCUT2D eigenvalue weighted by molar-refractivity contribution is 5.82. The fourth-order valence-electron chi connectivity index (χ4n) is 1.44. The molecule has 0 bridgehead atoms. The molecule has 2 N–H and O–H groups in total. The molecule has 0 aromatic heterocycles. The van der Waals surface area contributed by atoms with Crippen molar-refractivity contribution < 1.29 is 14.7 Å². The van der Waals surface area contributed by atoms with E-state index in [1.54, 1.807) is 0 Å². The van der Waals surface area contributed by atoms with Crippen LogP contribution in [0.3, 0.4) is 0 Å². The highest BCUT2D eigenvalue weighted by Crippen LogP contribution is 1.99. The molecule has 0 fully saturated rings. The minimum absolute atomic E-state index is 0.151. The summed E-state index contributed by atoms with van der Waals surface area (Å²) in [6.07, 6.45) is 0. The summed E-state index contributed by atoms with van der Waals surface area (Å²) in [5, 5.41) is 11.8. The zero-order chi connectivity index (χ0) is 13.4. The van der Waals surface area contributed by atoms with Crippen molar-refractivity contribution in [3.8, 4) is 0 Å². The predicted octanol–water partition coefficient (Wildman–Crippen LogP) is 0.801. The maximum Gasteiger partial charge on any atom is 0.323 e. The average Bonchev–Trinajstić information content (AvgIpc) is 2.14. The van der Waals surface area contributed by atoms with E-state index in [1.807, 2.05) is 13.8 Å². The third kappa shape index (κ3) is 8.68. The van der Waals surface area contributed by atoms with E-state index in [9.17, 15) is 9.59 Å². The summed E-state index contributed by atoms with van der Waals surface area (Å²) in [5.41, 5.74) is 0. The third-order valence-electron chi connectivity index (χ3n) is 2.09. The first-order valence-corrected chi connectivity index (χ1v) is 6.03. The van der Waals surface area contributed by atoms with E-state index in [1.165, 1.54) is 4.90 Å². The number of rotatable bonds is 8. The summed E-state index contributed by atoms with van der Waals surface area (Å²) >= 11 is 0. The first-order chi connectivity index (χ1) is 7.82. The van der Waals surface area contributed by atoms with Gasteiger partial charge in [0, 0.05) is 6.54 Å². The van der Waals surface area contributed by atoms with Crippen molar-refractivity contribution in [1.29, 1.82) is 0 Å². The quantitative estimate of drug-likeness (QED) is 0.662. The molecule has 0 aromatic carbocycles. The van der Waals surface area contributed by atoms with Crippen molar-refractivity contribution in [2.75, 3.05) is 26.2 Å². The minimum Gasteiger partial charge on any atom is -0.480 e. The smallest absolute Gasteiger partial charge is 0.323 e. The van der Waals surface area contributed by atoms with Crippen LogP contribution in [0.1, 0.15) is 27.7 Å². The van der Waals surface area contributed by atoms with Crippen molar-refractivity contribution in [1.82, 2.24) is 10.2 Å². The van der Waals surface area contributed by atoms with E-state index in [2.05, 4.69) is 19.2 Å². The molecule has 0 rings (SSSR count). The average molecular weight is 244 g/mol. The van der Waals surface area contributed by atoms with Crippen molar-refractivity contribution in [2.45, 2.75) is 27.7 Å². The fourth-order valence-corrected chi connectivity index (χ4v) is 1.44. The molecule has 0 aliphatic carbocycles. The normalized spacial score (nSPS) is 10.9. The second-order valence-corrected chi connectivity index (χ2v) is 5.09. The molecule has 0 saturated carbocycles. The number of hydrogen-bond acceptors (Lipinski definition) is 3. The van der Waals surface area contributed by atoms with Gasteiger partial charge in [-0.2, -0.15) is 0 Å². The summed E-state index contributed by atoms with van der Waals surface area (Å²) < 4.78 is 0. The summed E-state index contributed by atoms with van der Waals surface area (Å²) in [4.78, 5) is 23.8. The van der Waals surface area contributed by atoms with Gasteiger partial charge in [-0.25, -0.2) is 0 Å². The Hall–Kier alpha value is -1.10. The van der Waals surface area contributed by atoms with Crippen LogP contribution in [0.5, 0.6) is 0 Å². The molecule has 17 heavy (non-hydrogen) atoms. The Morgan fingerprint density at radius 1 is 1.18 bits per heavy atom. The Bertz CT molecular complexity index is 252. The number of nitrogens with zero attached hydrogens (tertiary/aromatic N) is 1. The Balaban J connectivity index is 4.17. The highest BCUT2D eigenvalue weighted by Gasteiger charge is 2.17. The molecular weight excluding hydrogens is 220 g/mol. The number of carboxylic acids is 1.